The van der Waals surface area contributed by atoms with Gasteiger partial charge in [-0.15, -0.1) is 11.3 Å². The molecule has 140 valence electrons. The molecule has 0 aliphatic heterocycles. The number of esters is 2. The highest BCUT2D eigenvalue weighted by atomic mass is 32.1. The van der Waals surface area contributed by atoms with Crippen LogP contribution in [0.2, 0.25) is 0 Å². The Bertz CT molecular complexity index is 673. The molecule has 0 fully saturated rings. The van der Waals surface area contributed by atoms with Gasteiger partial charge in [-0.25, -0.2) is 9.59 Å². The summed E-state index contributed by atoms with van der Waals surface area (Å²) in [6.07, 6.45) is -2.22. The molecule has 1 aromatic heterocycles. The molecule has 1 N–H and O–H groups in total. The lowest BCUT2D eigenvalue weighted by molar-refractivity contribution is -0.259. The van der Waals surface area contributed by atoms with Crippen LogP contribution in [0, 0.1) is 0 Å². The molecule has 6 nitrogen and oxygen atoms in total. The van der Waals surface area contributed by atoms with Gasteiger partial charge in [0.05, 0.1) is 19.8 Å². The third-order valence-electron chi connectivity index (χ3n) is 4.03. The first kappa shape index (κ1) is 19.5. The maximum atomic E-state index is 13.6. The highest BCUT2D eigenvalue weighted by molar-refractivity contribution is 7.16. The molecule has 1 aromatic rings. The van der Waals surface area contributed by atoms with Gasteiger partial charge in [0.15, 0.2) is 0 Å². The zero-order chi connectivity index (χ0) is 18.8. The summed E-state index contributed by atoms with van der Waals surface area (Å²) in [6, 6.07) is 0. The lowest BCUT2D eigenvalue weighted by Gasteiger charge is -2.32. The van der Waals surface area contributed by atoms with Crippen LogP contribution in [0.25, 0.3) is 0 Å². The Morgan fingerprint density at radius 1 is 1.08 bits per heavy atom. The van der Waals surface area contributed by atoms with Gasteiger partial charge in [0, 0.05) is 12.0 Å². The zero-order valence-electron chi connectivity index (χ0n) is 13.9. The van der Waals surface area contributed by atoms with Crippen molar-refractivity contribution in [2.45, 2.75) is 37.6 Å². The van der Waals surface area contributed by atoms with E-state index in [0.29, 0.717) is 18.4 Å². The second-order valence-corrected chi connectivity index (χ2v) is 6.51. The fourth-order valence-corrected chi connectivity index (χ4v) is 4.09. The van der Waals surface area contributed by atoms with Gasteiger partial charge in [0.2, 0.25) is 0 Å². The molecule has 25 heavy (non-hydrogen) atoms. The molecule has 2 rings (SSSR count). The lowest BCUT2D eigenvalue weighted by Crippen LogP contribution is -2.60. The summed E-state index contributed by atoms with van der Waals surface area (Å²) < 4.78 is 54.3. The molecule has 0 radical (unpaired) electrons. The number of alkyl halides is 3. The van der Waals surface area contributed by atoms with E-state index in [1.807, 2.05) is 0 Å². The molecule has 1 heterocycles. The number of aryl methyl sites for hydroxylation is 1. The number of carbonyl (C=O) groups is 2. The topological polar surface area (TPSA) is 73.9 Å². The molecule has 10 heteroatoms. The first-order valence-electron chi connectivity index (χ1n) is 7.43. The van der Waals surface area contributed by atoms with Gasteiger partial charge < -0.3 is 19.5 Å². The van der Waals surface area contributed by atoms with Gasteiger partial charge in [0.25, 0.3) is 0 Å². The number of fused-ring (bicyclic) bond motifs is 1. The first-order chi connectivity index (χ1) is 11.7. The number of anilines is 1. The van der Waals surface area contributed by atoms with E-state index >= 15 is 0 Å². The number of hydrogen-bond donors (Lipinski definition) is 1. The third-order valence-corrected chi connectivity index (χ3v) is 5.24. The van der Waals surface area contributed by atoms with Crippen LogP contribution in [0.15, 0.2) is 0 Å². The molecular weight excluding hydrogens is 363 g/mol. The van der Waals surface area contributed by atoms with E-state index in [-0.39, 0.29) is 10.6 Å². The third kappa shape index (κ3) is 3.32. The van der Waals surface area contributed by atoms with E-state index in [1.165, 1.54) is 0 Å². The van der Waals surface area contributed by atoms with Gasteiger partial charge in [-0.2, -0.15) is 13.2 Å². The lowest BCUT2D eigenvalue weighted by atomic mass is 9.95. The van der Waals surface area contributed by atoms with E-state index < -0.39 is 23.8 Å². The average molecular weight is 381 g/mol. The van der Waals surface area contributed by atoms with Crippen molar-refractivity contribution >= 4 is 28.3 Å². The summed E-state index contributed by atoms with van der Waals surface area (Å²) in [4.78, 5) is 24.8. The number of thiophene rings is 1. The highest BCUT2D eigenvalue weighted by Crippen LogP contribution is 2.43. The van der Waals surface area contributed by atoms with Crippen LogP contribution in [0.1, 0.15) is 33.6 Å². The van der Waals surface area contributed by atoms with Crippen molar-refractivity contribution in [3.8, 4) is 0 Å². The number of halogens is 3. The Morgan fingerprint density at radius 3 is 2.24 bits per heavy atom. The molecule has 0 saturated carbocycles. The Morgan fingerprint density at radius 2 is 1.72 bits per heavy atom. The normalized spacial score (nSPS) is 16.6. The second kappa shape index (κ2) is 7.20. The van der Waals surface area contributed by atoms with Gasteiger partial charge in [0.1, 0.15) is 5.00 Å². The summed E-state index contributed by atoms with van der Waals surface area (Å²) in [6.45, 7) is 0. The maximum absolute atomic E-state index is 13.6. The van der Waals surface area contributed by atoms with Crippen molar-refractivity contribution in [2.24, 2.45) is 0 Å². The molecule has 1 atom stereocenters. The molecule has 1 aliphatic carbocycles. The van der Waals surface area contributed by atoms with Crippen LogP contribution in [0.5, 0.6) is 0 Å². The smallest absolute Gasteiger partial charge is 0.448 e. The predicted molar refractivity (Wildman–Crippen MR) is 83.7 cm³/mol. The summed E-state index contributed by atoms with van der Waals surface area (Å²) in [5.74, 6) is -2.43. The van der Waals surface area contributed by atoms with Crippen molar-refractivity contribution in [3.63, 3.8) is 0 Å². The SMILES string of the molecule is COC(=O)c1c(N[C@@](OC)(C(=O)OC)C(F)(F)F)sc2c1CCCC2. The van der Waals surface area contributed by atoms with Gasteiger partial charge in [-0.3, -0.25) is 0 Å². The number of hydrogen-bond acceptors (Lipinski definition) is 7. The molecule has 0 unspecified atom stereocenters. The molecule has 0 aromatic carbocycles. The Hall–Kier alpha value is -1.81. The van der Waals surface area contributed by atoms with E-state index in [4.69, 9.17) is 4.74 Å². The van der Waals surface area contributed by atoms with Crippen LogP contribution >= 0.6 is 11.3 Å². The standard InChI is InChI=1S/C15H18F3NO5S/c1-22-12(20)10-8-6-4-5-7-9(8)25-11(10)19-14(24-3,13(21)23-2)15(16,17)18/h19H,4-7H2,1-3H3/t14-/m1/s1. The van der Waals surface area contributed by atoms with Crippen LogP contribution in [-0.4, -0.2) is 45.2 Å². The van der Waals surface area contributed by atoms with E-state index in [9.17, 15) is 22.8 Å². The minimum absolute atomic E-state index is 0.0109. The van der Waals surface area contributed by atoms with Gasteiger partial charge >= 0.3 is 23.8 Å². The van der Waals surface area contributed by atoms with Crippen molar-refractivity contribution in [1.82, 2.24) is 0 Å². The second-order valence-electron chi connectivity index (χ2n) is 5.41. The number of methoxy groups -OCH3 is 3. The van der Waals surface area contributed by atoms with Gasteiger partial charge in [-0.1, -0.05) is 0 Å². The summed E-state index contributed by atoms with van der Waals surface area (Å²) in [7, 11) is 2.71. The molecule has 0 bridgehead atoms. The number of carbonyl (C=O) groups excluding carboxylic acids is 2. The van der Waals surface area contributed by atoms with Crippen molar-refractivity contribution in [3.05, 3.63) is 16.0 Å². The van der Waals surface area contributed by atoms with Crippen molar-refractivity contribution in [1.29, 1.82) is 0 Å². The van der Waals surface area contributed by atoms with Crippen LogP contribution in [-0.2, 0) is 31.8 Å². The van der Waals surface area contributed by atoms with Gasteiger partial charge in [-0.05, 0) is 31.2 Å². The summed E-state index contributed by atoms with van der Waals surface area (Å²) in [5, 5.41) is 1.95. The molecule has 0 amide bonds. The Balaban J connectivity index is 2.58. The molecular formula is C15H18F3NO5S. The van der Waals surface area contributed by atoms with Crippen LogP contribution in [0.4, 0.5) is 18.2 Å². The average Bonchev–Trinajstić information content (AvgIpc) is 2.94. The first-order valence-corrected chi connectivity index (χ1v) is 8.24. The van der Waals surface area contributed by atoms with Crippen molar-refractivity contribution < 1.29 is 37.0 Å². The van der Waals surface area contributed by atoms with Crippen LogP contribution in [0.3, 0.4) is 0 Å². The monoisotopic (exact) mass is 381 g/mol. The Kier molecular flexibility index (Phi) is 5.62. The highest BCUT2D eigenvalue weighted by Gasteiger charge is 2.64. The van der Waals surface area contributed by atoms with Crippen LogP contribution < -0.4 is 5.32 Å². The quantitative estimate of drug-likeness (QED) is 0.625. The maximum Gasteiger partial charge on any atom is 0.448 e. The predicted octanol–water partition coefficient (Wildman–Crippen LogP) is 2.90. The number of nitrogens with one attached hydrogen (secondary N) is 1. The fourth-order valence-electron chi connectivity index (χ4n) is 2.76. The number of ether oxygens (including phenoxy) is 3. The van der Waals surface area contributed by atoms with Crippen molar-refractivity contribution in [2.75, 3.05) is 26.6 Å². The Labute approximate surface area is 146 Å². The summed E-state index contributed by atoms with van der Waals surface area (Å²) in [5.41, 5.74) is -2.75. The van der Waals surface area contributed by atoms with E-state index in [0.717, 1.165) is 50.4 Å². The zero-order valence-corrected chi connectivity index (χ0v) is 14.7. The number of rotatable bonds is 5. The largest absolute Gasteiger partial charge is 0.465 e. The molecule has 0 spiro atoms. The minimum Gasteiger partial charge on any atom is -0.465 e. The molecule has 0 saturated heterocycles. The van der Waals surface area contributed by atoms with E-state index in [1.54, 1.807) is 0 Å². The summed E-state index contributed by atoms with van der Waals surface area (Å²) >= 11 is 0.992. The molecule has 1 aliphatic rings. The van der Waals surface area contributed by atoms with E-state index in [2.05, 4.69) is 14.8 Å². The minimum atomic E-state index is -5.12. The fraction of sp³-hybridized carbons (Fsp3) is 0.600.